The molecule has 1 amide bonds. The van der Waals surface area contributed by atoms with Crippen molar-refractivity contribution in [3.05, 3.63) is 23.3 Å². The molecule has 0 saturated carbocycles. The zero-order chi connectivity index (χ0) is 19.3. The van der Waals surface area contributed by atoms with Gasteiger partial charge in [0, 0.05) is 19.2 Å². The van der Waals surface area contributed by atoms with Gasteiger partial charge in [0.15, 0.2) is 0 Å². The number of carbonyl (C=O) groups excluding carboxylic acids is 1. The predicted molar refractivity (Wildman–Crippen MR) is 97.6 cm³/mol. The predicted octanol–water partition coefficient (Wildman–Crippen LogP) is 2.14. The number of carboxylic acids is 1. The minimum Gasteiger partial charge on any atom is -0.508 e. The minimum absolute atomic E-state index is 0.00150. The lowest BCUT2D eigenvalue weighted by Crippen LogP contribution is -2.39. The number of rotatable bonds is 7. The Hall–Kier alpha value is -2.28. The SMILES string of the molecule is CC(C)c1cc(C(=O)N2CCC(CCNCC(=O)O)CC2)c(O)cc1O. The monoisotopic (exact) mass is 364 g/mol. The van der Waals surface area contributed by atoms with Gasteiger partial charge in [0.25, 0.3) is 5.91 Å². The van der Waals surface area contributed by atoms with Crippen molar-refractivity contribution in [2.45, 2.75) is 39.0 Å². The van der Waals surface area contributed by atoms with E-state index in [1.807, 2.05) is 13.8 Å². The molecule has 2 rings (SSSR count). The topological polar surface area (TPSA) is 110 Å². The number of aromatic hydroxyl groups is 2. The molecule has 144 valence electrons. The van der Waals surface area contributed by atoms with Crippen molar-refractivity contribution in [1.29, 1.82) is 0 Å². The summed E-state index contributed by atoms with van der Waals surface area (Å²) in [6.45, 7) is 5.69. The Labute approximate surface area is 153 Å². The van der Waals surface area contributed by atoms with Crippen LogP contribution in [0.1, 0.15) is 54.9 Å². The molecule has 1 aromatic carbocycles. The number of carboxylic acid groups (broad SMARTS) is 1. The van der Waals surface area contributed by atoms with Gasteiger partial charge in [-0.05, 0) is 49.3 Å². The van der Waals surface area contributed by atoms with Crippen molar-refractivity contribution in [2.75, 3.05) is 26.2 Å². The first-order valence-electron chi connectivity index (χ1n) is 9.07. The maximum Gasteiger partial charge on any atom is 0.317 e. The van der Waals surface area contributed by atoms with Crippen LogP contribution in [0.15, 0.2) is 12.1 Å². The Balaban J connectivity index is 1.92. The van der Waals surface area contributed by atoms with Gasteiger partial charge in [0.1, 0.15) is 11.5 Å². The van der Waals surface area contributed by atoms with Crippen LogP contribution in [0.4, 0.5) is 0 Å². The maximum atomic E-state index is 12.8. The summed E-state index contributed by atoms with van der Waals surface area (Å²) in [6.07, 6.45) is 2.60. The molecule has 26 heavy (non-hydrogen) atoms. The number of hydrogen-bond donors (Lipinski definition) is 4. The first kappa shape index (κ1) is 20.0. The molecule has 0 unspecified atom stereocenters. The molecule has 0 aromatic heterocycles. The highest BCUT2D eigenvalue weighted by molar-refractivity contribution is 5.97. The fraction of sp³-hybridized carbons (Fsp3) is 0.579. The van der Waals surface area contributed by atoms with Crippen LogP contribution in [0.25, 0.3) is 0 Å². The highest BCUT2D eigenvalue weighted by Gasteiger charge is 2.26. The molecule has 1 saturated heterocycles. The smallest absolute Gasteiger partial charge is 0.317 e. The number of nitrogens with one attached hydrogen (secondary N) is 1. The lowest BCUT2D eigenvalue weighted by Gasteiger charge is -2.32. The Bertz CT molecular complexity index is 652. The highest BCUT2D eigenvalue weighted by Crippen LogP contribution is 2.33. The number of phenolic OH excluding ortho intramolecular Hbond substituents is 2. The summed E-state index contributed by atoms with van der Waals surface area (Å²) in [5, 5.41) is 31.5. The third kappa shape index (κ3) is 5.11. The standard InChI is InChI=1S/C19H28N2O5/c1-12(2)14-9-15(17(23)10-16(14)22)19(26)21-7-4-13(5-8-21)3-6-20-11-18(24)25/h9-10,12-13,20,22-23H,3-8,11H2,1-2H3,(H,24,25). The van der Waals surface area contributed by atoms with Gasteiger partial charge in [0.05, 0.1) is 12.1 Å². The third-order valence-corrected chi connectivity index (χ3v) is 4.90. The van der Waals surface area contributed by atoms with E-state index in [1.165, 1.54) is 6.07 Å². The van der Waals surface area contributed by atoms with Crippen molar-refractivity contribution in [3.8, 4) is 11.5 Å². The fourth-order valence-corrected chi connectivity index (χ4v) is 3.32. The number of likely N-dealkylation sites (tertiary alicyclic amines) is 1. The van der Waals surface area contributed by atoms with E-state index in [0.29, 0.717) is 31.1 Å². The summed E-state index contributed by atoms with van der Waals surface area (Å²) in [6, 6.07) is 2.82. The lowest BCUT2D eigenvalue weighted by molar-refractivity contribution is -0.135. The Morgan fingerprint density at radius 1 is 1.19 bits per heavy atom. The van der Waals surface area contributed by atoms with Gasteiger partial charge in [-0.3, -0.25) is 9.59 Å². The maximum absolute atomic E-state index is 12.8. The number of hydrogen-bond acceptors (Lipinski definition) is 5. The van der Waals surface area contributed by atoms with E-state index in [2.05, 4.69) is 5.32 Å². The van der Waals surface area contributed by atoms with Gasteiger partial charge in [0.2, 0.25) is 0 Å². The molecule has 1 aliphatic heterocycles. The largest absolute Gasteiger partial charge is 0.508 e. The zero-order valence-corrected chi connectivity index (χ0v) is 15.4. The fourth-order valence-electron chi connectivity index (χ4n) is 3.32. The molecule has 7 heteroatoms. The second kappa shape index (κ2) is 8.89. The van der Waals surface area contributed by atoms with E-state index in [0.717, 1.165) is 19.3 Å². The van der Waals surface area contributed by atoms with Crippen molar-refractivity contribution in [1.82, 2.24) is 10.2 Å². The molecule has 1 heterocycles. The first-order chi connectivity index (χ1) is 12.3. The number of benzene rings is 1. The van der Waals surface area contributed by atoms with E-state index in [1.54, 1.807) is 11.0 Å². The molecular formula is C19H28N2O5. The molecule has 1 aromatic rings. The van der Waals surface area contributed by atoms with Crippen molar-refractivity contribution < 1.29 is 24.9 Å². The van der Waals surface area contributed by atoms with E-state index in [4.69, 9.17) is 5.11 Å². The molecule has 1 aliphatic rings. The molecule has 0 bridgehead atoms. The highest BCUT2D eigenvalue weighted by atomic mass is 16.4. The number of amides is 1. The molecule has 0 radical (unpaired) electrons. The first-order valence-corrected chi connectivity index (χ1v) is 9.07. The second-order valence-corrected chi connectivity index (χ2v) is 7.18. The van der Waals surface area contributed by atoms with E-state index in [9.17, 15) is 19.8 Å². The van der Waals surface area contributed by atoms with Crippen LogP contribution in [0, 0.1) is 5.92 Å². The van der Waals surface area contributed by atoms with E-state index < -0.39 is 5.97 Å². The summed E-state index contributed by atoms with van der Waals surface area (Å²) in [5.74, 6) is -0.767. The van der Waals surface area contributed by atoms with Crippen LogP contribution >= 0.6 is 0 Å². The third-order valence-electron chi connectivity index (χ3n) is 4.90. The van der Waals surface area contributed by atoms with Crippen molar-refractivity contribution in [3.63, 3.8) is 0 Å². The minimum atomic E-state index is -0.861. The Kier molecular flexibility index (Phi) is 6.85. The Morgan fingerprint density at radius 2 is 1.85 bits per heavy atom. The molecule has 4 N–H and O–H groups in total. The van der Waals surface area contributed by atoms with E-state index in [-0.39, 0.29) is 35.4 Å². The van der Waals surface area contributed by atoms with Gasteiger partial charge in [-0.1, -0.05) is 13.8 Å². The van der Waals surface area contributed by atoms with Gasteiger partial charge in [-0.25, -0.2) is 0 Å². The lowest BCUT2D eigenvalue weighted by atomic mass is 9.92. The average Bonchev–Trinajstić information content (AvgIpc) is 2.58. The number of phenols is 2. The average molecular weight is 364 g/mol. The number of nitrogens with zero attached hydrogens (tertiary/aromatic N) is 1. The van der Waals surface area contributed by atoms with Crippen LogP contribution in [-0.4, -0.2) is 58.3 Å². The number of aliphatic carboxylic acids is 1. The van der Waals surface area contributed by atoms with E-state index >= 15 is 0 Å². The van der Waals surface area contributed by atoms with Gasteiger partial charge in [-0.15, -0.1) is 0 Å². The summed E-state index contributed by atoms with van der Waals surface area (Å²) in [4.78, 5) is 25.0. The molecule has 7 nitrogen and oxygen atoms in total. The molecule has 0 atom stereocenters. The Morgan fingerprint density at radius 3 is 2.42 bits per heavy atom. The summed E-state index contributed by atoms with van der Waals surface area (Å²) < 4.78 is 0. The molecule has 1 fully saturated rings. The van der Waals surface area contributed by atoms with Crippen LogP contribution in [0.3, 0.4) is 0 Å². The number of carbonyl (C=O) groups is 2. The van der Waals surface area contributed by atoms with Crippen molar-refractivity contribution >= 4 is 11.9 Å². The molecule has 0 spiro atoms. The van der Waals surface area contributed by atoms with Gasteiger partial charge in [-0.2, -0.15) is 0 Å². The summed E-state index contributed by atoms with van der Waals surface area (Å²) in [5.41, 5.74) is 0.874. The van der Waals surface area contributed by atoms with Gasteiger partial charge >= 0.3 is 5.97 Å². The zero-order valence-electron chi connectivity index (χ0n) is 15.4. The normalized spacial score (nSPS) is 15.4. The van der Waals surface area contributed by atoms with Crippen LogP contribution in [0.2, 0.25) is 0 Å². The van der Waals surface area contributed by atoms with Crippen molar-refractivity contribution in [2.24, 2.45) is 5.92 Å². The molecular weight excluding hydrogens is 336 g/mol. The quantitative estimate of drug-likeness (QED) is 0.552. The molecule has 0 aliphatic carbocycles. The second-order valence-electron chi connectivity index (χ2n) is 7.18. The number of piperidine rings is 1. The van der Waals surface area contributed by atoms with Crippen LogP contribution < -0.4 is 5.32 Å². The summed E-state index contributed by atoms with van der Waals surface area (Å²) in [7, 11) is 0. The van der Waals surface area contributed by atoms with Crippen LogP contribution in [0.5, 0.6) is 11.5 Å². The van der Waals surface area contributed by atoms with Gasteiger partial charge < -0.3 is 25.5 Å². The summed E-state index contributed by atoms with van der Waals surface area (Å²) >= 11 is 0. The van der Waals surface area contributed by atoms with Crippen LogP contribution in [-0.2, 0) is 4.79 Å².